The second kappa shape index (κ2) is 2.40. The van der Waals surface area contributed by atoms with Gasteiger partial charge < -0.3 is 10.5 Å². The predicted molar refractivity (Wildman–Crippen MR) is 35.4 cm³/mol. The fourth-order valence-electron chi connectivity index (χ4n) is 0.161. The summed E-state index contributed by atoms with van der Waals surface area (Å²) in [4.78, 5) is 0. The van der Waals surface area contributed by atoms with E-state index in [-0.39, 0.29) is 0 Å². The quantitative estimate of drug-likeness (QED) is 0.319. The molecule has 2 nitrogen and oxygen atoms in total. The third-order valence-corrected chi connectivity index (χ3v) is 1.70. The van der Waals surface area contributed by atoms with Gasteiger partial charge in [-0.2, -0.15) is 12.6 Å². The second-order valence-electron chi connectivity index (χ2n) is 1.96. The maximum Gasteiger partial charge on any atom is 0.0372 e. The average Bonchev–Trinajstić information content (AvgIpc) is 1.67. The number of rotatable bonds is 2. The highest BCUT2D eigenvalue weighted by Gasteiger charge is 2.13. The van der Waals surface area contributed by atoms with Crippen LogP contribution in [0.4, 0.5) is 0 Å². The highest BCUT2D eigenvalue weighted by atomic mass is 32.1. The normalized spacial score (nSPS) is 17.4. The molecule has 0 spiro atoms. The van der Waals surface area contributed by atoms with Crippen LogP contribution in [-0.2, 0) is 0 Å². The Balaban J connectivity index is 3.91. The molecule has 0 saturated carbocycles. The minimum atomic E-state index is -0.736. The van der Waals surface area contributed by atoms with E-state index in [2.05, 4.69) is 12.6 Å². The standard InChI is InChI=1S/C5H11NOS/c1-3-5(2,8)4(6)7/h8H,3H2,1-2H3,(H2,6,7)/p-1. The van der Waals surface area contributed by atoms with Crippen molar-refractivity contribution < 1.29 is 5.11 Å². The second-order valence-corrected chi connectivity index (χ2v) is 2.94. The lowest BCUT2D eigenvalue weighted by atomic mass is 10.1. The van der Waals surface area contributed by atoms with Crippen LogP contribution < -0.4 is 5.11 Å². The summed E-state index contributed by atoms with van der Waals surface area (Å²) < 4.78 is -0.736. The van der Waals surface area contributed by atoms with Gasteiger partial charge in [0.1, 0.15) is 0 Å². The maximum atomic E-state index is 10.3. The van der Waals surface area contributed by atoms with Crippen LogP contribution in [-0.4, -0.2) is 10.6 Å². The molecule has 0 aromatic rings. The molecule has 0 heterocycles. The summed E-state index contributed by atoms with van der Waals surface area (Å²) in [6.45, 7) is 3.48. The summed E-state index contributed by atoms with van der Waals surface area (Å²) in [5.74, 6) is -0.608. The Morgan fingerprint density at radius 1 is 1.88 bits per heavy atom. The molecule has 0 fully saturated rings. The molecule has 0 saturated heterocycles. The number of hydrogen-bond acceptors (Lipinski definition) is 3. The van der Waals surface area contributed by atoms with Gasteiger partial charge in [0, 0.05) is 4.75 Å². The third kappa shape index (κ3) is 1.74. The van der Waals surface area contributed by atoms with Crippen molar-refractivity contribution in [3.05, 3.63) is 0 Å². The molecule has 1 atom stereocenters. The Morgan fingerprint density at radius 3 is 2.25 bits per heavy atom. The van der Waals surface area contributed by atoms with E-state index < -0.39 is 10.6 Å². The average molecular weight is 132 g/mol. The van der Waals surface area contributed by atoms with Crippen molar-refractivity contribution in [2.75, 3.05) is 0 Å². The van der Waals surface area contributed by atoms with Crippen LogP contribution in [0.15, 0.2) is 0 Å². The zero-order valence-electron chi connectivity index (χ0n) is 5.06. The summed E-state index contributed by atoms with van der Waals surface area (Å²) in [5, 5.41) is 17.0. The molecule has 0 radical (unpaired) electrons. The fourth-order valence-corrected chi connectivity index (χ4v) is 0.161. The van der Waals surface area contributed by atoms with Gasteiger partial charge in [-0.3, -0.25) is 0 Å². The van der Waals surface area contributed by atoms with E-state index in [1.54, 1.807) is 6.92 Å². The molecule has 1 N–H and O–H groups in total. The van der Waals surface area contributed by atoms with E-state index >= 15 is 0 Å². The Kier molecular flexibility index (Phi) is 2.34. The first-order chi connectivity index (χ1) is 3.50. The third-order valence-electron chi connectivity index (χ3n) is 1.18. The molecule has 0 aliphatic rings. The Labute approximate surface area is 54.8 Å². The molecule has 48 valence electrons. The van der Waals surface area contributed by atoms with Gasteiger partial charge in [0.05, 0.1) is 0 Å². The minimum Gasteiger partial charge on any atom is -0.861 e. The summed E-state index contributed by atoms with van der Waals surface area (Å²) in [6, 6.07) is 0. The molecule has 0 aliphatic carbocycles. The number of hydrogen-bond donors (Lipinski definition) is 2. The van der Waals surface area contributed by atoms with Gasteiger partial charge in [-0.25, -0.2) is 0 Å². The molecule has 8 heavy (non-hydrogen) atoms. The van der Waals surface area contributed by atoms with E-state index in [1.165, 1.54) is 0 Å². The van der Waals surface area contributed by atoms with Crippen LogP contribution in [0, 0.1) is 5.41 Å². The van der Waals surface area contributed by atoms with Crippen molar-refractivity contribution in [3.63, 3.8) is 0 Å². The molecular formula is C5H10NOS-. The van der Waals surface area contributed by atoms with Crippen LogP contribution in [0.2, 0.25) is 0 Å². The van der Waals surface area contributed by atoms with Crippen molar-refractivity contribution in [3.8, 4) is 0 Å². The Bertz CT molecular complexity index is 101. The lowest BCUT2D eigenvalue weighted by Crippen LogP contribution is -2.37. The lowest BCUT2D eigenvalue weighted by Gasteiger charge is -2.26. The molecule has 0 aromatic carbocycles. The van der Waals surface area contributed by atoms with Gasteiger partial charge in [-0.05, 0) is 19.2 Å². The Morgan fingerprint density at radius 2 is 2.25 bits per heavy atom. The van der Waals surface area contributed by atoms with Crippen LogP contribution in [0.1, 0.15) is 20.3 Å². The van der Waals surface area contributed by atoms with Gasteiger partial charge in [-0.15, -0.1) is 0 Å². The highest BCUT2D eigenvalue weighted by Crippen LogP contribution is 2.15. The zero-order chi connectivity index (χ0) is 6.78. The van der Waals surface area contributed by atoms with Crippen LogP contribution >= 0.6 is 12.6 Å². The molecule has 0 amide bonds. The number of thiol groups is 1. The van der Waals surface area contributed by atoms with Gasteiger partial charge in [-0.1, -0.05) is 6.92 Å². The van der Waals surface area contributed by atoms with Crippen molar-refractivity contribution in [2.45, 2.75) is 25.0 Å². The number of nitrogens with one attached hydrogen (secondary N) is 1. The zero-order valence-corrected chi connectivity index (χ0v) is 5.96. The summed E-state index contributed by atoms with van der Waals surface area (Å²) in [6.07, 6.45) is 0.610. The first kappa shape index (κ1) is 7.82. The Hall–Kier alpha value is -0.180. The van der Waals surface area contributed by atoms with E-state index in [1.807, 2.05) is 6.92 Å². The molecule has 0 aliphatic heterocycles. The van der Waals surface area contributed by atoms with Gasteiger partial charge in [0.25, 0.3) is 0 Å². The van der Waals surface area contributed by atoms with Gasteiger partial charge in [0.15, 0.2) is 0 Å². The highest BCUT2D eigenvalue weighted by molar-refractivity contribution is 7.82. The topological polar surface area (TPSA) is 46.9 Å². The van der Waals surface area contributed by atoms with Crippen LogP contribution in [0.5, 0.6) is 0 Å². The summed E-state index contributed by atoms with van der Waals surface area (Å²) >= 11 is 3.94. The van der Waals surface area contributed by atoms with Gasteiger partial charge >= 0.3 is 0 Å². The van der Waals surface area contributed by atoms with Gasteiger partial charge in [0.2, 0.25) is 0 Å². The van der Waals surface area contributed by atoms with E-state index in [0.717, 1.165) is 0 Å². The maximum absolute atomic E-state index is 10.3. The van der Waals surface area contributed by atoms with Crippen molar-refractivity contribution in [1.82, 2.24) is 0 Å². The molecular weight excluding hydrogens is 122 g/mol. The predicted octanol–water partition coefficient (Wildman–Crippen LogP) is 0.422. The van der Waals surface area contributed by atoms with Crippen LogP contribution in [0.25, 0.3) is 0 Å². The van der Waals surface area contributed by atoms with E-state index in [9.17, 15) is 5.11 Å². The van der Waals surface area contributed by atoms with E-state index in [4.69, 9.17) is 5.41 Å². The lowest BCUT2D eigenvalue weighted by molar-refractivity contribution is -0.223. The van der Waals surface area contributed by atoms with Crippen molar-refractivity contribution >= 4 is 18.5 Å². The first-order valence-electron chi connectivity index (χ1n) is 2.49. The van der Waals surface area contributed by atoms with Crippen molar-refractivity contribution in [1.29, 1.82) is 5.41 Å². The molecule has 0 aromatic heterocycles. The monoisotopic (exact) mass is 132 g/mol. The minimum absolute atomic E-state index is 0.608. The molecule has 1 unspecified atom stereocenters. The molecule has 3 heteroatoms. The SMILES string of the molecule is CCC(C)(S)C(=N)[O-]. The van der Waals surface area contributed by atoms with Crippen LogP contribution in [0.3, 0.4) is 0 Å². The van der Waals surface area contributed by atoms with E-state index in [0.29, 0.717) is 6.42 Å². The summed E-state index contributed by atoms with van der Waals surface area (Å²) in [7, 11) is 0. The first-order valence-corrected chi connectivity index (χ1v) is 2.94. The summed E-state index contributed by atoms with van der Waals surface area (Å²) in [5.41, 5.74) is 0. The molecule has 0 bridgehead atoms. The smallest absolute Gasteiger partial charge is 0.0372 e. The largest absolute Gasteiger partial charge is 0.861 e. The van der Waals surface area contributed by atoms with Crippen molar-refractivity contribution in [2.24, 2.45) is 0 Å². The molecule has 0 rings (SSSR count). The fraction of sp³-hybridized carbons (Fsp3) is 0.800.